The number of aliphatic hydroxyl groups excluding tert-OH is 1. The molecule has 0 radical (unpaired) electrons. The van der Waals surface area contributed by atoms with E-state index in [0.717, 1.165) is 11.0 Å². The quantitative estimate of drug-likeness (QED) is 0.693. The lowest BCUT2D eigenvalue weighted by Crippen LogP contribution is -2.24. The molecule has 6 heteroatoms. The smallest absolute Gasteiger partial charge is 0.252 e. The van der Waals surface area contributed by atoms with Crippen molar-refractivity contribution < 1.29 is 14.3 Å². The normalized spacial score (nSPS) is 12.3. The van der Waals surface area contributed by atoms with E-state index < -0.39 is 12.0 Å². The van der Waals surface area contributed by atoms with Crippen molar-refractivity contribution in [2.75, 3.05) is 5.32 Å². The average molecular weight is 313 g/mol. The van der Waals surface area contributed by atoms with Crippen LogP contribution in [0.5, 0.6) is 0 Å². The standard InChI is InChI=1S/C17H16FN3O2/c1-10(22)17(23)19-12-6-7-14-15(9-12)21-16(20-14)8-11-4-2-3-5-13(11)18/h2-7,9-10,22H,8H2,1H3,(H,19,23)(H,20,21)/t10-/m0/s1. The molecule has 3 rings (SSSR count). The molecule has 1 atom stereocenters. The van der Waals surface area contributed by atoms with Gasteiger partial charge in [0.2, 0.25) is 0 Å². The summed E-state index contributed by atoms with van der Waals surface area (Å²) < 4.78 is 13.7. The summed E-state index contributed by atoms with van der Waals surface area (Å²) in [6.45, 7) is 1.40. The molecule has 1 amide bonds. The number of aromatic amines is 1. The summed E-state index contributed by atoms with van der Waals surface area (Å²) in [5.74, 6) is -0.0996. The Morgan fingerprint density at radius 3 is 2.87 bits per heavy atom. The number of halogens is 1. The fourth-order valence-corrected chi connectivity index (χ4v) is 2.29. The van der Waals surface area contributed by atoms with Crippen LogP contribution in [0.3, 0.4) is 0 Å². The number of hydrogen-bond donors (Lipinski definition) is 3. The Kier molecular flexibility index (Phi) is 4.08. The molecule has 2 aromatic carbocycles. The minimum atomic E-state index is -1.08. The zero-order chi connectivity index (χ0) is 16.4. The molecule has 0 spiro atoms. The van der Waals surface area contributed by atoms with Gasteiger partial charge in [-0.2, -0.15) is 0 Å². The van der Waals surface area contributed by atoms with Crippen LogP contribution in [0.15, 0.2) is 42.5 Å². The first kappa shape index (κ1) is 15.2. The van der Waals surface area contributed by atoms with E-state index in [-0.39, 0.29) is 5.82 Å². The maximum absolute atomic E-state index is 13.7. The van der Waals surface area contributed by atoms with Gasteiger partial charge < -0.3 is 15.4 Å². The van der Waals surface area contributed by atoms with Gasteiger partial charge in [0.15, 0.2) is 0 Å². The Labute approximate surface area is 132 Å². The van der Waals surface area contributed by atoms with E-state index in [2.05, 4.69) is 15.3 Å². The molecule has 0 bridgehead atoms. The molecule has 0 saturated heterocycles. The van der Waals surface area contributed by atoms with E-state index in [4.69, 9.17) is 0 Å². The summed E-state index contributed by atoms with van der Waals surface area (Å²) in [5, 5.41) is 11.8. The number of carbonyl (C=O) groups excluding carboxylic acids is 1. The molecule has 3 N–H and O–H groups in total. The van der Waals surface area contributed by atoms with Crippen molar-refractivity contribution in [3.8, 4) is 0 Å². The molecule has 0 unspecified atom stereocenters. The second-order valence-corrected chi connectivity index (χ2v) is 5.35. The second-order valence-electron chi connectivity index (χ2n) is 5.35. The number of imidazole rings is 1. The van der Waals surface area contributed by atoms with Crippen LogP contribution in [0.4, 0.5) is 10.1 Å². The SMILES string of the molecule is C[C@H](O)C(=O)Nc1ccc2nc(Cc3ccccc3F)[nH]c2c1. The molecule has 118 valence electrons. The van der Waals surface area contributed by atoms with Gasteiger partial charge in [-0.15, -0.1) is 0 Å². The minimum absolute atomic E-state index is 0.266. The highest BCUT2D eigenvalue weighted by Gasteiger charge is 2.11. The highest BCUT2D eigenvalue weighted by atomic mass is 19.1. The third-order valence-electron chi connectivity index (χ3n) is 3.49. The maximum atomic E-state index is 13.7. The molecule has 3 aromatic rings. The molecular weight excluding hydrogens is 297 g/mol. The second kappa shape index (κ2) is 6.18. The van der Waals surface area contributed by atoms with E-state index in [0.29, 0.717) is 23.5 Å². The van der Waals surface area contributed by atoms with Crippen LogP contribution in [0.2, 0.25) is 0 Å². The number of aliphatic hydroxyl groups is 1. The zero-order valence-electron chi connectivity index (χ0n) is 12.5. The van der Waals surface area contributed by atoms with Gasteiger partial charge in [0.25, 0.3) is 5.91 Å². The van der Waals surface area contributed by atoms with E-state index >= 15 is 0 Å². The fourth-order valence-electron chi connectivity index (χ4n) is 2.29. The lowest BCUT2D eigenvalue weighted by Gasteiger charge is -2.06. The summed E-state index contributed by atoms with van der Waals surface area (Å²) in [7, 11) is 0. The molecule has 0 saturated carbocycles. The summed E-state index contributed by atoms with van der Waals surface area (Å²) in [5.41, 5.74) is 2.59. The van der Waals surface area contributed by atoms with Gasteiger partial charge in [-0.3, -0.25) is 4.79 Å². The fraction of sp³-hybridized carbons (Fsp3) is 0.176. The number of nitrogens with one attached hydrogen (secondary N) is 2. The van der Waals surface area contributed by atoms with Crippen LogP contribution < -0.4 is 5.32 Å². The van der Waals surface area contributed by atoms with E-state index in [1.807, 2.05) is 0 Å². The Morgan fingerprint density at radius 2 is 2.13 bits per heavy atom. The number of carbonyl (C=O) groups is 1. The zero-order valence-corrected chi connectivity index (χ0v) is 12.5. The largest absolute Gasteiger partial charge is 0.384 e. The monoisotopic (exact) mass is 313 g/mol. The molecule has 0 aliphatic carbocycles. The highest BCUT2D eigenvalue weighted by molar-refractivity contribution is 5.95. The number of nitrogens with zero attached hydrogens (tertiary/aromatic N) is 1. The molecule has 0 aliphatic rings. The number of rotatable bonds is 4. The first-order valence-electron chi connectivity index (χ1n) is 7.24. The number of hydrogen-bond acceptors (Lipinski definition) is 3. The first-order valence-corrected chi connectivity index (χ1v) is 7.24. The summed E-state index contributed by atoms with van der Waals surface area (Å²) in [4.78, 5) is 19.0. The van der Waals surface area contributed by atoms with Crippen LogP contribution in [0.1, 0.15) is 18.3 Å². The van der Waals surface area contributed by atoms with Gasteiger partial charge in [0.05, 0.1) is 11.0 Å². The Hall–Kier alpha value is -2.73. The molecule has 0 fully saturated rings. The van der Waals surface area contributed by atoms with Crippen molar-refractivity contribution in [3.63, 3.8) is 0 Å². The first-order chi connectivity index (χ1) is 11.0. The van der Waals surface area contributed by atoms with Crippen molar-refractivity contribution in [2.24, 2.45) is 0 Å². The molecule has 1 aromatic heterocycles. The van der Waals surface area contributed by atoms with Gasteiger partial charge >= 0.3 is 0 Å². The number of amides is 1. The Bertz CT molecular complexity index is 858. The minimum Gasteiger partial charge on any atom is -0.384 e. The number of benzene rings is 2. The van der Waals surface area contributed by atoms with Gasteiger partial charge in [0.1, 0.15) is 17.7 Å². The number of anilines is 1. The summed E-state index contributed by atoms with van der Waals surface area (Å²) in [6.07, 6.45) is -0.722. The third-order valence-corrected chi connectivity index (χ3v) is 3.49. The maximum Gasteiger partial charge on any atom is 0.252 e. The number of H-pyrrole nitrogens is 1. The molecule has 0 aliphatic heterocycles. The van der Waals surface area contributed by atoms with Crippen LogP contribution >= 0.6 is 0 Å². The van der Waals surface area contributed by atoms with Crippen molar-refractivity contribution in [1.29, 1.82) is 0 Å². The van der Waals surface area contributed by atoms with Crippen LogP contribution in [-0.2, 0) is 11.2 Å². The van der Waals surface area contributed by atoms with Crippen molar-refractivity contribution in [2.45, 2.75) is 19.4 Å². The average Bonchev–Trinajstić information content (AvgIpc) is 2.91. The summed E-state index contributed by atoms with van der Waals surface area (Å²) >= 11 is 0. The molecular formula is C17H16FN3O2. The summed E-state index contributed by atoms with van der Waals surface area (Å²) in [6, 6.07) is 11.8. The lowest BCUT2D eigenvalue weighted by molar-refractivity contribution is -0.123. The Balaban J connectivity index is 1.85. The predicted octanol–water partition coefficient (Wildman–Crippen LogP) is 2.61. The van der Waals surface area contributed by atoms with E-state index in [1.54, 1.807) is 36.4 Å². The number of aromatic nitrogens is 2. The van der Waals surface area contributed by atoms with E-state index in [9.17, 15) is 14.3 Å². The van der Waals surface area contributed by atoms with Crippen molar-refractivity contribution in [3.05, 3.63) is 59.7 Å². The van der Waals surface area contributed by atoms with Gasteiger partial charge in [-0.1, -0.05) is 18.2 Å². The predicted molar refractivity (Wildman–Crippen MR) is 85.6 cm³/mol. The van der Waals surface area contributed by atoms with Crippen LogP contribution in [0, 0.1) is 5.82 Å². The Morgan fingerprint density at radius 1 is 1.35 bits per heavy atom. The third kappa shape index (κ3) is 3.37. The highest BCUT2D eigenvalue weighted by Crippen LogP contribution is 2.19. The van der Waals surface area contributed by atoms with Crippen LogP contribution in [-0.4, -0.2) is 27.1 Å². The van der Waals surface area contributed by atoms with Crippen LogP contribution in [0.25, 0.3) is 11.0 Å². The van der Waals surface area contributed by atoms with Gasteiger partial charge in [-0.05, 0) is 36.8 Å². The molecule has 1 heterocycles. The number of fused-ring (bicyclic) bond motifs is 1. The lowest BCUT2D eigenvalue weighted by atomic mass is 10.1. The molecule has 23 heavy (non-hydrogen) atoms. The van der Waals surface area contributed by atoms with Crippen molar-refractivity contribution >= 4 is 22.6 Å². The van der Waals surface area contributed by atoms with E-state index in [1.165, 1.54) is 13.0 Å². The van der Waals surface area contributed by atoms with Crippen molar-refractivity contribution in [1.82, 2.24) is 9.97 Å². The van der Waals surface area contributed by atoms with Gasteiger partial charge in [0, 0.05) is 12.1 Å². The topological polar surface area (TPSA) is 78.0 Å². The molecule has 5 nitrogen and oxygen atoms in total. The van der Waals surface area contributed by atoms with Gasteiger partial charge in [-0.25, -0.2) is 9.37 Å².